The van der Waals surface area contributed by atoms with Crippen LogP contribution in [0.2, 0.25) is 5.02 Å². The van der Waals surface area contributed by atoms with Crippen LogP contribution in [-0.2, 0) is 17.3 Å². The van der Waals surface area contributed by atoms with Gasteiger partial charge in [0.15, 0.2) is 0 Å². The van der Waals surface area contributed by atoms with Crippen LogP contribution < -0.4 is 4.31 Å². The Morgan fingerprint density at radius 3 is 2.63 bits per heavy atom. The molecule has 1 aromatic carbocycles. The van der Waals surface area contributed by atoms with E-state index in [4.69, 9.17) is 11.6 Å². The molecule has 3 heterocycles. The summed E-state index contributed by atoms with van der Waals surface area (Å²) in [5, 5.41) is 6.30. The maximum absolute atomic E-state index is 12.8. The van der Waals surface area contributed by atoms with Gasteiger partial charge in [0.1, 0.15) is 0 Å². The summed E-state index contributed by atoms with van der Waals surface area (Å²) in [6.07, 6.45) is 3.07. The fraction of sp³-hybridized carbons (Fsp3) is 0.176. The fourth-order valence-electron chi connectivity index (χ4n) is 2.89. The van der Waals surface area contributed by atoms with Crippen LogP contribution in [0.4, 0.5) is 5.69 Å². The normalized spacial score (nSPS) is 16.1. The highest BCUT2D eigenvalue weighted by molar-refractivity contribution is 7.91. The number of benzene rings is 1. The third-order valence-electron chi connectivity index (χ3n) is 4.24. The number of anilines is 1. The molecule has 0 bridgehead atoms. The first-order valence-corrected chi connectivity index (χ1v) is 10.7. The Hall–Kier alpha value is -2.36. The molecule has 1 amide bonds. The Bertz CT molecular complexity index is 1110. The molecule has 1 fully saturated rings. The Morgan fingerprint density at radius 2 is 1.96 bits per heavy atom. The molecule has 0 saturated carbocycles. The quantitative estimate of drug-likeness (QED) is 0.650. The van der Waals surface area contributed by atoms with Crippen LogP contribution in [0.25, 0.3) is 10.4 Å². The molecule has 1 saturated heterocycles. The van der Waals surface area contributed by atoms with Crippen molar-refractivity contribution in [2.45, 2.75) is 0 Å². The van der Waals surface area contributed by atoms with E-state index in [1.165, 1.54) is 26.5 Å². The van der Waals surface area contributed by atoms with Crippen molar-refractivity contribution in [3.63, 3.8) is 0 Å². The summed E-state index contributed by atoms with van der Waals surface area (Å²) in [7, 11) is -2.22. The standard InChI is InChI=1S/C17H15ClN4O3S2/c1-20-10-15(9-19-20)21-6-7-22(27(21,24)25)17(23)13-8-16(26-11-13)12-2-4-14(18)5-3-12/h2-5,8-11H,6-7H2,1H3. The second kappa shape index (κ2) is 6.66. The Morgan fingerprint density at radius 1 is 1.22 bits per heavy atom. The molecule has 0 radical (unpaired) electrons. The Balaban J connectivity index is 1.59. The topological polar surface area (TPSA) is 75.5 Å². The van der Waals surface area contributed by atoms with Crippen LogP contribution in [-0.4, -0.2) is 41.5 Å². The lowest BCUT2D eigenvalue weighted by Crippen LogP contribution is -2.37. The number of halogens is 1. The molecule has 1 aliphatic rings. The molecule has 3 aromatic rings. The largest absolute Gasteiger partial charge is 0.329 e. The molecule has 0 aliphatic carbocycles. The summed E-state index contributed by atoms with van der Waals surface area (Å²) in [6.45, 7) is 0.302. The molecular weight excluding hydrogens is 408 g/mol. The van der Waals surface area contributed by atoms with Gasteiger partial charge < -0.3 is 0 Å². The van der Waals surface area contributed by atoms with Gasteiger partial charge in [0.2, 0.25) is 0 Å². The second-order valence-corrected chi connectivity index (χ2v) is 9.16. The second-order valence-electron chi connectivity index (χ2n) is 6.04. The molecule has 0 spiro atoms. The zero-order valence-electron chi connectivity index (χ0n) is 14.2. The fourth-order valence-corrected chi connectivity index (χ4v) is 5.45. The van der Waals surface area contributed by atoms with E-state index >= 15 is 0 Å². The van der Waals surface area contributed by atoms with Crippen molar-refractivity contribution in [1.29, 1.82) is 0 Å². The van der Waals surface area contributed by atoms with E-state index in [9.17, 15) is 13.2 Å². The van der Waals surface area contributed by atoms with E-state index in [1.54, 1.807) is 36.8 Å². The van der Waals surface area contributed by atoms with E-state index in [1.807, 2.05) is 12.1 Å². The first-order chi connectivity index (χ1) is 12.9. The highest BCUT2D eigenvalue weighted by atomic mass is 35.5. The summed E-state index contributed by atoms with van der Waals surface area (Å²) in [6, 6.07) is 8.97. The van der Waals surface area contributed by atoms with Crippen LogP contribution in [0.1, 0.15) is 10.4 Å². The number of aryl methyl sites for hydroxylation is 1. The number of rotatable bonds is 3. The lowest BCUT2D eigenvalue weighted by Gasteiger charge is -2.18. The van der Waals surface area contributed by atoms with Crippen molar-refractivity contribution in [2.24, 2.45) is 7.05 Å². The van der Waals surface area contributed by atoms with Crippen LogP contribution in [0.3, 0.4) is 0 Å². The van der Waals surface area contributed by atoms with Crippen molar-refractivity contribution in [3.05, 3.63) is 58.7 Å². The Labute approximate surface area is 165 Å². The van der Waals surface area contributed by atoms with Gasteiger partial charge >= 0.3 is 10.2 Å². The molecule has 0 N–H and O–H groups in total. The molecule has 1 aliphatic heterocycles. The minimum atomic E-state index is -3.92. The lowest BCUT2D eigenvalue weighted by molar-refractivity contribution is 0.0872. The van der Waals surface area contributed by atoms with Gasteiger partial charge in [0.05, 0.1) is 30.5 Å². The monoisotopic (exact) mass is 422 g/mol. The van der Waals surface area contributed by atoms with Gasteiger partial charge in [-0.15, -0.1) is 11.3 Å². The van der Waals surface area contributed by atoms with E-state index in [-0.39, 0.29) is 13.1 Å². The molecule has 4 rings (SSSR count). The molecule has 7 nitrogen and oxygen atoms in total. The maximum Gasteiger partial charge on any atom is 0.329 e. The van der Waals surface area contributed by atoms with Crippen molar-refractivity contribution >= 4 is 44.7 Å². The van der Waals surface area contributed by atoms with E-state index in [0.717, 1.165) is 14.7 Å². The predicted molar refractivity (Wildman–Crippen MR) is 105 cm³/mol. The smallest absolute Gasteiger partial charge is 0.274 e. The van der Waals surface area contributed by atoms with Crippen LogP contribution in [0, 0.1) is 0 Å². The zero-order chi connectivity index (χ0) is 19.2. The zero-order valence-corrected chi connectivity index (χ0v) is 16.6. The Kier molecular flexibility index (Phi) is 4.45. The molecule has 27 heavy (non-hydrogen) atoms. The summed E-state index contributed by atoms with van der Waals surface area (Å²) >= 11 is 7.29. The van der Waals surface area contributed by atoms with Gasteiger partial charge in [-0.05, 0) is 23.8 Å². The minimum Gasteiger partial charge on any atom is -0.274 e. The summed E-state index contributed by atoms with van der Waals surface area (Å²) in [5.74, 6) is -0.530. The van der Waals surface area contributed by atoms with E-state index in [0.29, 0.717) is 16.3 Å². The highest BCUT2D eigenvalue weighted by Gasteiger charge is 2.41. The number of carbonyl (C=O) groups excluding carboxylic acids is 1. The van der Waals surface area contributed by atoms with Gasteiger partial charge in [-0.25, -0.2) is 8.61 Å². The number of hydrogen-bond acceptors (Lipinski definition) is 5. The maximum atomic E-state index is 12.8. The molecule has 0 unspecified atom stereocenters. The first-order valence-electron chi connectivity index (χ1n) is 8.04. The van der Waals surface area contributed by atoms with Gasteiger partial charge in [0, 0.05) is 28.5 Å². The lowest BCUT2D eigenvalue weighted by atomic mass is 10.1. The van der Waals surface area contributed by atoms with Gasteiger partial charge in [-0.3, -0.25) is 9.48 Å². The number of aromatic nitrogens is 2. The molecule has 10 heteroatoms. The van der Waals surface area contributed by atoms with Crippen LogP contribution in [0.15, 0.2) is 48.1 Å². The van der Waals surface area contributed by atoms with E-state index in [2.05, 4.69) is 5.10 Å². The summed E-state index contributed by atoms with van der Waals surface area (Å²) in [4.78, 5) is 13.7. The van der Waals surface area contributed by atoms with Crippen LogP contribution in [0.5, 0.6) is 0 Å². The van der Waals surface area contributed by atoms with Crippen molar-refractivity contribution in [3.8, 4) is 10.4 Å². The van der Waals surface area contributed by atoms with Gasteiger partial charge in [-0.2, -0.15) is 13.5 Å². The number of amides is 1. The number of carbonyl (C=O) groups is 1. The average Bonchev–Trinajstić information content (AvgIpc) is 3.33. The number of nitrogens with zero attached hydrogens (tertiary/aromatic N) is 4. The van der Waals surface area contributed by atoms with Crippen molar-refractivity contribution in [2.75, 3.05) is 17.4 Å². The number of hydrogen-bond donors (Lipinski definition) is 0. The highest BCUT2D eigenvalue weighted by Crippen LogP contribution is 2.31. The first kappa shape index (κ1) is 18.0. The molecule has 140 valence electrons. The average molecular weight is 423 g/mol. The SMILES string of the molecule is Cn1cc(N2CCN(C(=O)c3csc(-c4ccc(Cl)cc4)c3)S2(=O)=O)cn1. The van der Waals surface area contributed by atoms with Crippen LogP contribution >= 0.6 is 22.9 Å². The summed E-state index contributed by atoms with van der Waals surface area (Å²) in [5.41, 5.74) is 1.71. The van der Waals surface area contributed by atoms with E-state index < -0.39 is 16.1 Å². The van der Waals surface area contributed by atoms with Gasteiger partial charge in [-0.1, -0.05) is 23.7 Å². The molecular formula is C17H15ClN4O3S2. The third kappa shape index (κ3) is 3.22. The number of thiophene rings is 1. The minimum absolute atomic E-state index is 0.0994. The predicted octanol–water partition coefficient (Wildman–Crippen LogP) is 3.01. The summed E-state index contributed by atoms with van der Waals surface area (Å²) < 4.78 is 29.3. The van der Waals surface area contributed by atoms with Crippen molar-refractivity contribution < 1.29 is 13.2 Å². The van der Waals surface area contributed by atoms with Gasteiger partial charge in [0.25, 0.3) is 5.91 Å². The third-order valence-corrected chi connectivity index (χ3v) is 7.33. The van der Waals surface area contributed by atoms with Crippen molar-refractivity contribution in [1.82, 2.24) is 14.1 Å². The molecule has 2 aromatic heterocycles. The molecule has 0 atom stereocenters.